The first-order valence-electron chi connectivity index (χ1n) is 12.5. The second-order valence-corrected chi connectivity index (χ2v) is 15.3. The average molecular weight is 481 g/mol. The summed E-state index contributed by atoms with van der Waals surface area (Å²) < 4.78 is 23.9. The summed E-state index contributed by atoms with van der Waals surface area (Å²) in [5.41, 5.74) is 0. The molecule has 1 fully saturated rings. The van der Waals surface area contributed by atoms with Crippen LogP contribution in [0.3, 0.4) is 0 Å². The summed E-state index contributed by atoms with van der Waals surface area (Å²) >= 11 is 0. The Morgan fingerprint density at radius 3 is 2.33 bits per heavy atom. The van der Waals surface area contributed by atoms with E-state index in [2.05, 4.69) is 60.7 Å². The van der Waals surface area contributed by atoms with E-state index in [0.717, 1.165) is 25.9 Å². The molecule has 0 spiro atoms. The molecular formula is C27H48O5Si. The molecule has 0 N–H and O–H groups in total. The molecule has 0 aromatic carbocycles. The Balaban J connectivity index is 2.90. The fourth-order valence-electron chi connectivity index (χ4n) is 3.46. The van der Waals surface area contributed by atoms with E-state index in [0.29, 0.717) is 6.61 Å². The number of hydrogen-bond donors (Lipinski definition) is 0. The molecule has 0 saturated carbocycles. The van der Waals surface area contributed by atoms with E-state index >= 15 is 0 Å². The lowest BCUT2D eigenvalue weighted by molar-refractivity contribution is -0.199. The summed E-state index contributed by atoms with van der Waals surface area (Å²) in [7, 11) is -1.97. The van der Waals surface area contributed by atoms with Crippen molar-refractivity contribution >= 4 is 14.3 Å². The van der Waals surface area contributed by atoms with Crippen molar-refractivity contribution in [1.82, 2.24) is 0 Å². The Labute approximate surface area is 203 Å². The van der Waals surface area contributed by atoms with E-state index < -0.39 is 8.32 Å². The first-order chi connectivity index (χ1) is 15.4. The molecule has 33 heavy (non-hydrogen) atoms. The first-order valence-corrected chi connectivity index (χ1v) is 15.4. The molecule has 1 unspecified atom stereocenters. The van der Waals surface area contributed by atoms with Gasteiger partial charge in [-0.3, -0.25) is 0 Å². The molecule has 1 aliphatic rings. The Bertz CT molecular complexity index is 656. The van der Waals surface area contributed by atoms with Crippen molar-refractivity contribution in [2.24, 2.45) is 11.8 Å². The summed E-state index contributed by atoms with van der Waals surface area (Å²) in [5, 5.41) is 0.128. The zero-order valence-electron chi connectivity index (χ0n) is 22.4. The fourth-order valence-corrected chi connectivity index (χ4v) is 4.92. The van der Waals surface area contributed by atoms with E-state index in [1.165, 1.54) is 6.08 Å². The average Bonchev–Trinajstić information content (AvgIpc) is 2.74. The lowest BCUT2D eigenvalue weighted by Gasteiger charge is -2.43. The van der Waals surface area contributed by atoms with E-state index in [-0.39, 0.29) is 41.3 Å². The molecule has 0 aliphatic carbocycles. The minimum absolute atomic E-state index is 0.0294. The Morgan fingerprint density at radius 1 is 1.09 bits per heavy atom. The smallest absolute Gasteiger partial charge is 0.330 e. The second-order valence-electron chi connectivity index (χ2n) is 10.6. The number of ether oxygens (including phenoxy) is 3. The minimum Gasteiger partial charge on any atom is -0.463 e. The van der Waals surface area contributed by atoms with Gasteiger partial charge in [0.05, 0.1) is 18.8 Å². The number of carbonyl (C=O) groups excluding carboxylic acids is 1. The molecule has 0 aromatic heterocycles. The van der Waals surface area contributed by atoms with Crippen molar-refractivity contribution in [2.45, 2.75) is 104 Å². The van der Waals surface area contributed by atoms with Crippen molar-refractivity contribution in [3.8, 4) is 0 Å². The van der Waals surface area contributed by atoms with Crippen molar-refractivity contribution < 1.29 is 23.4 Å². The van der Waals surface area contributed by atoms with Crippen LogP contribution in [0.2, 0.25) is 18.1 Å². The fraction of sp³-hybridized carbons (Fsp3) is 0.741. The van der Waals surface area contributed by atoms with E-state index in [1.54, 1.807) is 13.0 Å². The zero-order chi connectivity index (χ0) is 25.1. The van der Waals surface area contributed by atoms with Crippen molar-refractivity contribution in [3.05, 3.63) is 36.5 Å². The SMILES string of the molecule is CCOC(=O)/C=C/C=C/C=C/[C@H](C)[C@@H](O[Si](C)(C)C(C)(C)C)[C@@H](C)[C@H](C)OC1CCCCO1. The molecule has 5 nitrogen and oxygen atoms in total. The molecule has 190 valence electrons. The van der Waals surface area contributed by atoms with Crippen LogP contribution in [-0.4, -0.2) is 46.0 Å². The van der Waals surface area contributed by atoms with Gasteiger partial charge in [-0.1, -0.05) is 65.0 Å². The molecule has 1 heterocycles. The number of esters is 1. The summed E-state index contributed by atoms with van der Waals surface area (Å²) in [6.45, 7) is 21.0. The molecule has 0 bridgehead atoms. The highest BCUT2D eigenvalue weighted by molar-refractivity contribution is 6.74. The summed E-state index contributed by atoms with van der Waals surface area (Å²) in [6.07, 6.45) is 14.3. The third-order valence-electron chi connectivity index (χ3n) is 6.79. The molecular weight excluding hydrogens is 432 g/mol. The Hall–Kier alpha value is -1.21. The van der Waals surface area contributed by atoms with Crippen molar-refractivity contribution in [2.75, 3.05) is 13.2 Å². The van der Waals surface area contributed by atoms with E-state index in [4.69, 9.17) is 18.6 Å². The van der Waals surface area contributed by atoms with E-state index in [9.17, 15) is 4.79 Å². The van der Waals surface area contributed by atoms with Crippen LogP contribution in [0.5, 0.6) is 0 Å². The van der Waals surface area contributed by atoms with Gasteiger partial charge in [-0.05, 0) is 57.2 Å². The van der Waals surface area contributed by atoms with Gasteiger partial charge in [0.1, 0.15) is 0 Å². The van der Waals surface area contributed by atoms with Gasteiger partial charge in [-0.25, -0.2) is 4.79 Å². The monoisotopic (exact) mass is 480 g/mol. The normalized spacial score (nSPS) is 22.0. The van der Waals surface area contributed by atoms with Crippen LogP contribution >= 0.6 is 0 Å². The van der Waals surface area contributed by atoms with Gasteiger partial charge in [0, 0.05) is 18.6 Å². The number of rotatable bonds is 12. The molecule has 0 aromatic rings. The maximum Gasteiger partial charge on any atom is 0.330 e. The van der Waals surface area contributed by atoms with Crippen molar-refractivity contribution in [1.29, 1.82) is 0 Å². The Kier molecular flexibility index (Phi) is 12.9. The molecule has 1 saturated heterocycles. The summed E-state index contributed by atoms with van der Waals surface area (Å²) in [6, 6.07) is 0. The Morgan fingerprint density at radius 2 is 1.76 bits per heavy atom. The number of hydrogen-bond acceptors (Lipinski definition) is 5. The quantitative estimate of drug-likeness (QED) is 0.133. The lowest BCUT2D eigenvalue weighted by atomic mass is 9.89. The van der Waals surface area contributed by atoms with Gasteiger partial charge in [0.25, 0.3) is 0 Å². The van der Waals surface area contributed by atoms with Crippen LogP contribution in [0.25, 0.3) is 0 Å². The molecule has 6 heteroatoms. The molecule has 5 atom stereocenters. The third-order valence-corrected chi connectivity index (χ3v) is 11.3. The summed E-state index contributed by atoms with van der Waals surface area (Å²) in [4.78, 5) is 11.4. The number of allylic oxidation sites excluding steroid dienone is 4. The van der Waals surface area contributed by atoms with E-state index in [1.807, 2.05) is 18.2 Å². The van der Waals surface area contributed by atoms with Crippen LogP contribution in [0.15, 0.2) is 36.5 Å². The van der Waals surface area contributed by atoms with Crippen LogP contribution < -0.4 is 0 Å². The van der Waals surface area contributed by atoms with Crippen LogP contribution in [0.1, 0.15) is 67.7 Å². The second kappa shape index (κ2) is 14.2. The highest BCUT2D eigenvalue weighted by Gasteiger charge is 2.42. The highest BCUT2D eigenvalue weighted by atomic mass is 28.4. The zero-order valence-corrected chi connectivity index (χ0v) is 23.4. The highest BCUT2D eigenvalue weighted by Crippen LogP contribution is 2.40. The van der Waals surface area contributed by atoms with Gasteiger partial charge >= 0.3 is 5.97 Å². The standard InChI is InChI=1S/C27H48O5Si/c1-10-29-24(28)18-14-12-11-13-17-21(2)26(32-33(8,9)27(5,6)7)22(3)23(4)31-25-19-15-16-20-30-25/h11-14,17-18,21-23,25-26H,10,15-16,19-20H2,1-9H3/b12-11+,17-13+,18-14+/t21-,22-,23-,25?,26+/m0/s1. The number of carbonyl (C=O) groups is 1. The van der Waals surface area contributed by atoms with Gasteiger partial charge in [-0.2, -0.15) is 0 Å². The van der Waals surface area contributed by atoms with Gasteiger partial charge in [0.15, 0.2) is 14.6 Å². The maximum atomic E-state index is 11.4. The first kappa shape index (κ1) is 29.8. The van der Waals surface area contributed by atoms with Gasteiger partial charge < -0.3 is 18.6 Å². The van der Waals surface area contributed by atoms with Crippen LogP contribution in [0, 0.1) is 11.8 Å². The van der Waals surface area contributed by atoms with Crippen LogP contribution in [0.4, 0.5) is 0 Å². The van der Waals surface area contributed by atoms with Gasteiger partial charge in [0.2, 0.25) is 0 Å². The molecule has 0 amide bonds. The molecule has 1 aliphatic heterocycles. The third kappa shape index (κ3) is 10.7. The topological polar surface area (TPSA) is 54.0 Å². The minimum atomic E-state index is -1.97. The molecule has 1 rings (SSSR count). The predicted molar refractivity (Wildman–Crippen MR) is 139 cm³/mol. The predicted octanol–water partition coefficient (Wildman–Crippen LogP) is 6.81. The maximum absolute atomic E-state index is 11.4. The lowest BCUT2D eigenvalue weighted by Crippen LogP contribution is -2.49. The molecule has 0 radical (unpaired) electrons. The van der Waals surface area contributed by atoms with Crippen molar-refractivity contribution in [3.63, 3.8) is 0 Å². The van der Waals surface area contributed by atoms with Gasteiger partial charge in [-0.15, -0.1) is 0 Å². The largest absolute Gasteiger partial charge is 0.463 e. The van der Waals surface area contributed by atoms with Crippen LogP contribution in [-0.2, 0) is 23.4 Å². The summed E-state index contributed by atoms with van der Waals surface area (Å²) in [5.74, 6) is 0.0789.